The highest BCUT2D eigenvalue weighted by atomic mass is 16.5. The Kier molecular flexibility index (Phi) is 5.31. The molecule has 134 valence electrons. The fraction of sp³-hybridized carbons (Fsp3) is 0.250. The van der Waals surface area contributed by atoms with E-state index in [1.165, 1.54) is 0 Å². The zero-order valence-electron chi connectivity index (χ0n) is 15.1. The number of ether oxygens (including phenoxy) is 2. The summed E-state index contributed by atoms with van der Waals surface area (Å²) in [5.41, 5.74) is 3.19. The molecule has 0 amide bonds. The Balaban J connectivity index is 2.00. The van der Waals surface area contributed by atoms with Gasteiger partial charge in [0.1, 0.15) is 5.75 Å². The van der Waals surface area contributed by atoms with Crippen LogP contribution in [-0.2, 0) is 11.3 Å². The highest BCUT2D eigenvalue weighted by Gasteiger charge is 2.24. The molecule has 0 N–H and O–H groups in total. The third kappa shape index (κ3) is 3.74. The summed E-state index contributed by atoms with van der Waals surface area (Å²) in [4.78, 5) is 12.3. The van der Waals surface area contributed by atoms with Crippen LogP contribution in [0, 0.1) is 13.8 Å². The van der Waals surface area contributed by atoms with Crippen molar-refractivity contribution in [3.63, 3.8) is 0 Å². The quantitative estimate of drug-likeness (QED) is 0.630. The maximum atomic E-state index is 12.3. The maximum Gasteiger partial charge on any atom is 0.364 e. The topological polar surface area (TPSA) is 66.2 Å². The summed E-state index contributed by atoms with van der Waals surface area (Å²) in [5, 5.41) is 8.10. The van der Waals surface area contributed by atoms with Gasteiger partial charge in [-0.05, 0) is 43.5 Å². The van der Waals surface area contributed by atoms with E-state index < -0.39 is 5.97 Å². The van der Waals surface area contributed by atoms with Crippen molar-refractivity contribution in [2.75, 3.05) is 6.61 Å². The molecule has 0 atom stereocenters. The summed E-state index contributed by atoms with van der Waals surface area (Å²) in [7, 11) is 0. The van der Waals surface area contributed by atoms with Crippen molar-refractivity contribution in [3.8, 4) is 11.6 Å². The lowest BCUT2D eigenvalue weighted by Gasteiger charge is -2.12. The standard InChI is InChI=1S/C20H21N3O3/c1-4-25-20(24)18-19(26-17-12-8-9-14(2)15(17)3)23(22-21-18)13-16-10-6-5-7-11-16/h5-12H,4,13H2,1-3H3. The molecule has 6 heteroatoms. The highest BCUT2D eigenvalue weighted by Crippen LogP contribution is 2.29. The Morgan fingerprint density at radius 2 is 1.85 bits per heavy atom. The smallest absolute Gasteiger partial charge is 0.364 e. The molecule has 0 spiro atoms. The second-order valence-electron chi connectivity index (χ2n) is 5.91. The van der Waals surface area contributed by atoms with Gasteiger partial charge in [-0.15, -0.1) is 5.10 Å². The first-order valence-electron chi connectivity index (χ1n) is 8.48. The molecule has 0 fully saturated rings. The summed E-state index contributed by atoms with van der Waals surface area (Å²) in [5.74, 6) is 0.389. The minimum absolute atomic E-state index is 0.0729. The molecule has 1 heterocycles. The molecule has 3 aromatic rings. The SMILES string of the molecule is CCOC(=O)c1nnn(Cc2ccccc2)c1Oc1cccc(C)c1C. The fourth-order valence-electron chi connectivity index (χ4n) is 2.53. The predicted molar refractivity (Wildman–Crippen MR) is 97.5 cm³/mol. The number of rotatable bonds is 6. The summed E-state index contributed by atoms with van der Waals surface area (Å²) >= 11 is 0. The Bertz CT molecular complexity index is 904. The second kappa shape index (κ2) is 7.82. The van der Waals surface area contributed by atoms with E-state index >= 15 is 0 Å². The summed E-state index contributed by atoms with van der Waals surface area (Å²) < 4.78 is 12.7. The molecule has 3 rings (SSSR count). The Morgan fingerprint density at radius 1 is 1.08 bits per heavy atom. The largest absolute Gasteiger partial charge is 0.461 e. The average molecular weight is 351 g/mol. The van der Waals surface area contributed by atoms with Gasteiger partial charge >= 0.3 is 5.97 Å². The Morgan fingerprint density at radius 3 is 2.58 bits per heavy atom. The van der Waals surface area contributed by atoms with E-state index in [-0.39, 0.29) is 18.2 Å². The van der Waals surface area contributed by atoms with Crippen molar-refractivity contribution in [2.45, 2.75) is 27.3 Å². The molecule has 0 aliphatic carbocycles. The van der Waals surface area contributed by atoms with Crippen LogP contribution in [0.4, 0.5) is 0 Å². The molecule has 0 saturated heterocycles. The van der Waals surface area contributed by atoms with Crippen molar-refractivity contribution >= 4 is 5.97 Å². The number of aryl methyl sites for hydroxylation is 1. The number of carbonyl (C=O) groups excluding carboxylic acids is 1. The molecular formula is C20H21N3O3. The summed E-state index contributed by atoms with van der Waals surface area (Å²) in [6.07, 6.45) is 0. The number of nitrogens with zero attached hydrogens (tertiary/aromatic N) is 3. The number of carbonyl (C=O) groups is 1. The number of hydrogen-bond acceptors (Lipinski definition) is 5. The van der Waals surface area contributed by atoms with Gasteiger partial charge in [-0.2, -0.15) is 0 Å². The van der Waals surface area contributed by atoms with Crippen LogP contribution in [0.25, 0.3) is 0 Å². The van der Waals surface area contributed by atoms with E-state index in [1.54, 1.807) is 11.6 Å². The number of hydrogen-bond donors (Lipinski definition) is 0. The molecule has 0 bridgehead atoms. The molecule has 1 aromatic heterocycles. The van der Waals surface area contributed by atoms with Gasteiger partial charge in [-0.3, -0.25) is 0 Å². The first-order chi connectivity index (χ1) is 12.6. The third-order valence-corrected chi connectivity index (χ3v) is 4.10. The summed E-state index contributed by atoms with van der Waals surface area (Å²) in [6.45, 7) is 6.42. The van der Waals surface area contributed by atoms with Crippen LogP contribution in [0.3, 0.4) is 0 Å². The Labute approximate surface area is 152 Å². The van der Waals surface area contributed by atoms with Gasteiger partial charge in [0, 0.05) is 0 Å². The van der Waals surface area contributed by atoms with Gasteiger partial charge in [-0.25, -0.2) is 9.48 Å². The highest BCUT2D eigenvalue weighted by molar-refractivity contribution is 5.89. The zero-order valence-corrected chi connectivity index (χ0v) is 15.1. The predicted octanol–water partition coefficient (Wildman–Crippen LogP) is 3.91. The molecule has 0 unspecified atom stereocenters. The van der Waals surface area contributed by atoms with Crippen LogP contribution in [0.5, 0.6) is 11.6 Å². The lowest BCUT2D eigenvalue weighted by Crippen LogP contribution is -2.09. The minimum Gasteiger partial charge on any atom is -0.461 e. The average Bonchev–Trinajstić information content (AvgIpc) is 3.02. The van der Waals surface area contributed by atoms with E-state index in [0.717, 1.165) is 16.7 Å². The molecule has 26 heavy (non-hydrogen) atoms. The first kappa shape index (κ1) is 17.7. The van der Waals surface area contributed by atoms with Gasteiger partial charge < -0.3 is 9.47 Å². The van der Waals surface area contributed by atoms with Gasteiger partial charge in [0.05, 0.1) is 13.2 Å². The zero-order chi connectivity index (χ0) is 18.5. The number of benzene rings is 2. The van der Waals surface area contributed by atoms with E-state index in [0.29, 0.717) is 12.3 Å². The van der Waals surface area contributed by atoms with Crippen molar-refractivity contribution in [2.24, 2.45) is 0 Å². The van der Waals surface area contributed by atoms with Gasteiger partial charge in [0.25, 0.3) is 5.88 Å². The van der Waals surface area contributed by atoms with Crippen LogP contribution >= 0.6 is 0 Å². The second-order valence-corrected chi connectivity index (χ2v) is 5.91. The molecule has 0 aliphatic heterocycles. The van der Waals surface area contributed by atoms with Gasteiger partial charge in [0.2, 0.25) is 5.69 Å². The van der Waals surface area contributed by atoms with E-state index in [2.05, 4.69) is 10.3 Å². The maximum absolute atomic E-state index is 12.3. The normalized spacial score (nSPS) is 10.6. The number of esters is 1. The molecule has 0 saturated carbocycles. The number of aromatic nitrogens is 3. The first-order valence-corrected chi connectivity index (χ1v) is 8.48. The molecule has 0 radical (unpaired) electrons. The van der Waals surface area contributed by atoms with Crippen molar-refractivity contribution < 1.29 is 14.3 Å². The third-order valence-electron chi connectivity index (χ3n) is 4.10. The lowest BCUT2D eigenvalue weighted by atomic mass is 10.1. The van der Waals surface area contributed by atoms with Gasteiger partial charge in [-0.1, -0.05) is 47.7 Å². The van der Waals surface area contributed by atoms with Crippen LogP contribution in [-0.4, -0.2) is 27.6 Å². The van der Waals surface area contributed by atoms with Crippen molar-refractivity contribution in [3.05, 3.63) is 70.9 Å². The van der Waals surface area contributed by atoms with Crippen LogP contribution in [0.2, 0.25) is 0 Å². The van der Waals surface area contributed by atoms with Crippen LogP contribution in [0.1, 0.15) is 34.1 Å². The molecular weight excluding hydrogens is 330 g/mol. The Hall–Kier alpha value is -3.15. The summed E-state index contributed by atoms with van der Waals surface area (Å²) in [6, 6.07) is 15.6. The van der Waals surface area contributed by atoms with E-state index in [9.17, 15) is 4.79 Å². The van der Waals surface area contributed by atoms with E-state index in [4.69, 9.17) is 9.47 Å². The minimum atomic E-state index is -0.549. The molecule has 6 nitrogen and oxygen atoms in total. The van der Waals surface area contributed by atoms with Crippen LogP contribution in [0.15, 0.2) is 48.5 Å². The molecule has 0 aliphatic rings. The van der Waals surface area contributed by atoms with E-state index in [1.807, 2.05) is 62.4 Å². The molecule has 2 aromatic carbocycles. The fourth-order valence-corrected chi connectivity index (χ4v) is 2.53. The van der Waals surface area contributed by atoms with Crippen LogP contribution < -0.4 is 4.74 Å². The monoisotopic (exact) mass is 351 g/mol. The van der Waals surface area contributed by atoms with Gasteiger partial charge in [0.15, 0.2) is 0 Å². The van der Waals surface area contributed by atoms with Crippen molar-refractivity contribution in [1.82, 2.24) is 15.0 Å². The lowest BCUT2D eigenvalue weighted by molar-refractivity contribution is 0.0516. The van der Waals surface area contributed by atoms with Crippen molar-refractivity contribution in [1.29, 1.82) is 0 Å².